The molecular formula is H3MgNO3Pr. The maximum atomic E-state index is 8.36. The Labute approximate surface area is 83.5 Å². The van der Waals surface area contributed by atoms with Gasteiger partial charge in [-0.2, -0.15) is 0 Å². The molecule has 0 saturated heterocycles. The Morgan fingerprint density at radius 1 is 1.67 bits per heavy atom. The van der Waals surface area contributed by atoms with Gasteiger partial charge in [0.25, 0.3) is 5.09 Å². The van der Waals surface area contributed by atoms with E-state index in [1.807, 2.05) is 0 Å². The van der Waals surface area contributed by atoms with Crippen LogP contribution in [0, 0.1) is 51.4 Å². The summed E-state index contributed by atoms with van der Waals surface area (Å²) >= 11 is 0. The molecule has 0 atom stereocenters. The molecule has 1 radical (unpaired) electrons. The summed E-state index contributed by atoms with van der Waals surface area (Å²) in [4.78, 5) is 8.36. The zero-order chi connectivity index (χ0) is 3.58. The summed E-state index contributed by atoms with van der Waals surface area (Å²) in [5.74, 6) is 0. The van der Waals surface area contributed by atoms with Gasteiger partial charge in [-0.25, -0.2) is 0 Å². The number of hydrogen-bond acceptors (Lipinski definition) is 2. The standard InChI is InChI=1S/Mg.HNO3.Pr.2H/c;2-1(3)4;;;/h;(H,2,3,4);;;. The second kappa shape index (κ2) is 9.59. The molecule has 0 fully saturated rings. The van der Waals surface area contributed by atoms with E-state index in [0.717, 1.165) is 0 Å². The van der Waals surface area contributed by atoms with E-state index in [2.05, 4.69) is 0 Å². The Morgan fingerprint density at radius 3 is 1.67 bits per heavy atom. The van der Waals surface area contributed by atoms with E-state index in [-0.39, 0.29) is 64.3 Å². The molecule has 0 spiro atoms. The Balaban J connectivity index is -0.0000000450. The molecule has 0 bridgehead atoms. The van der Waals surface area contributed by atoms with Crippen LogP contribution in [0.1, 0.15) is 0 Å². The van der Waals surface area contributed by atoms with Gasteiger partial charge in [-0.3, -0.25) is 0 Å². The normalized spacial score (nSPS) is 4.00. The zero-order valence-electron chi connectivity index (χ0n) is 2.29. The molecule has 0 unspecified atom stereocenters. The van der Waals surface area contributed by atoms with Gasteiger partial charge >= 0.3 is 23.1 Å². The maximum absolute atomic E-state index is 8.36. The van der Waals surface area contributed by atoms with Crippen LogP contribution in [-0.4, -0.2) is 33.3 Å². The average molecular weight is 230 g/mol. The Bertz CT molecular complexity index is 33.8. The summed E-state index contributed by atoms with van der Waals surface area (Å²) in [6.45, 7) is 0. The smallest absolute Gasteiger partial charge is 0.316 e. The minimum absolute atomic E-state index is 0. The fraction of sp³-hybridized carbons (Fsp3) is 0. The molecule has 0 aliphatic rings. The second-order valence-corrected chi connectivity index (χ2v) is 0.238. The fourth-order valence-electron chi connectivity index (χ4n) is 0. The minimum Gasteiger partial charge on any atom is -0.328 e. The molecule has 1 N–H and O–H groups in total. The third-order valence-electron chi connectivity index (χ3n) is 0. The van der Waals surface area contributed by atoms with Crippen LogP contribution >= 0.6 is 0 Å². The first-order chi connectivity index (χ1) is 1.73. The molecule has 0 aromatic carbocycles. The molecule has 0 aromatic rings. The van der Waals surface area contributed by atoms with Crippen LogP contribution in [0.3, 0.4) is 0 Å². The first-order valence-corrected chi connectivity index (χ1v) is 0.565. The number of nitrogens with zero attached hydrogens (tertiary/aromatic N) is 1. The van der Waals surface area contributed by atoms with Crippen molar-refractivity contribution in [1.82, 2.24) is 0 Å². The minimum atomic E-state index is -1.50. The molecule has 31 valence electrons. The molecule has 0 aliphatic carbocycles. The molecule has 6 heteroatoms. The summed E-state index contributed by atoms with van der Waals surface area (Å²) in [6, 6.07) is 0. The van der Waals surface area contributed by atoms with Gasteiger partial charge < -0.3 is 5.21 Å². The van der Waals surface area contributed by atoms with E-state index < -0.39 is 5.09 Å². The van der Waals surface area contributed by atoms with Gasteiger partial charge in [0.1, 0.15) is 0 Å². The average Bonchev–Trinajstić information content (AvgIpc) is 0.811. The van der Waals surface area contributed by atoms with E-state index >= 15 is 0 Å². The molecule has 0 aromatic heterocycles. The van der Waals surface area contributed by atoms with Gasteiger partial charge in [-0.1, -0.05) is 0 Å². The van der Waals surface area contributed by atoms with Crippen molar-refractivity contribution >= 4 is 23.1 Å². The van der Waals surface area contributed by atoms with Gasteiger partial charge in [0.2, 0.25) is 0 Å². The van der Waals surface area contributed by atoms with E-state index in [1.54, 1.807) is 0 Å². The molecule has 4 nitrogen and oxygen atoms in total. The van der Waals surface area contributed by atoms with E-state index in [4.69, 9.17) is 15.3 Å². The van der Waals surface area contributed by atoms with Crippen molar-refractivity contribution in [3.8, 4) is 0 Å². The Hall–Kier alpha value is 1.33. The Morgan fingerprint density at radius 2 is 1.67 bits per heavy atom. The van der Waals surface area contributed by atoms with Crippen LogP contribution in [0.15, 0.2) is 0 Å². The van der Waals surface area contributed by atoms with Crippen molar-refractivity contribution in [2.45, 2.75) is 0 Å². The number of rotatable bonds is 0. The summed E-state index contributed by atoms with van der Waals surface area (Å²) in [5, 5.41) is 13.6. The van der Waals surface area contributed by atoms with Gasteiger partial charge in [0, 0.05) is 41.3 Å². The van der Waals surface area contributed by atoms with Gasteiger partial charge in [-0.15, -0.1) is 10.1 Å². The predicted octanol–water partition coefficient (Wildman–Crippen LogP) is -1.26. The van der Waals surface area contributed by atoms with Crippen molar-refractivity contribution in [3.63, 3.8) is 0 Å². The van der Waals surface area contributed by atoms with Crippen LogP contribution in [0.4, 0.5) is 0 Å². The summed E-state index contributed by atoms with van der Waals surface area (Å²) in [7, 11) is 0. The van der Waals surface area contributed by atoms with E-state index in [9.17, 15) is 0 Å². The van der Waals surface area contributed by atoms with Crippen LogP contribution in [0.25, 0.3) is 0 Å². The second-order valence-electron chi connectivity index (χ2n) is 0.238. The molecule has 0 amide bonds. The van der Waals surface area contributed by atoms with E-state index in [1.165, 1.54) is 0 Å². The molecular weight excluding hydrogens is 227 g/mol. The first kappa shape index (κ1) is 15.7. The van der Waals surface area contributed by atoms with Gasteiger partial charge in [0.15, 0.2) is 0 Å². The fourth-order valence-corrected chi connectivity index (χ4v) is 0. The third-order valence-corrected chi connectivity index (χ3v) is 0. The Kier molecular flexibility index (Phi) is 25.0. The summed E-state index contributed by atoms with van der Waals surface area (Å²) in [5.41, 5.74) is 0. The monoisotopic (exact) mass is 230 g/mol. The third kappa shape index (κ3) is 56.5. The van der Waals surface area contributed by atoms with Gasteiger partial charge in [0.05, 0.1) is 0 Å². The topological polar surface area (TPSA) is 63.4 Å². The zero-order valence-corrected chi connectivity index (χ0v) is 5.99. The largest absolute Gasteiger partial charge is 0.328 e. The van der Waals surface area contributed by atoms with Crippen molar-refractivity contribution in [1.29, 1.82) is 0 Å². The summed E-state index contributed by atoms with van der Waals surface area (Å²) < 4.78 is 0. The predicted molar refractivity (Wildman–Crippen MR) is 17.3 cm³/mol. The van der Waals surface area contributed by atoms with Gasteiger partial charge in [-0.05, 0) is 0 Å². The quantitative estimate of drug-likeness (QED) is 0.321. The van der Waals surface area contributed by atoms with Crippen molar-refractivity contribution in [2.24, 2.45) is 0 Å². The molecule has 0 rings (SSSR count). The number of hydrogen-bond donors (Lipinski definition) is 1. The molecule has 0 heterocycles. The molecule has 6 heavy (non-hydrogen) atoms. The van der Waals surface area contributed by atoms with Crippen LogP contribution in [0.2, 0.25) is 0 Å². The van der Waals surface area contributed by atoms with Crippen LogP contribution < -0.4 is 0 Å². The van der Waals surface area contributed by atoms with Crippen LogP contribution in [0.5, 0.6) is 0 Å². The summed E-state index contributed by atoms with van der Waals surface area (Å²) in [6.07, 6.45) is 0. The SMILES string of the molecule is O=[N+]([O-])O.[MgH2].[Pr]. The maximum Gasteiger partial charge on any atom is 0.316 e. The van der Waals surface area contributed by atoms with E-state index in [0.29, 0.717) is 0 Å². The van der Waals surface area contributed by atoms with Crippen LogP contribution in [-0.2, 0) is 0 Å². The molecule has 0 aliphatic heterocycles. The van der Waals surface area contributed by atoms with Crippen molar-refractivity contribution < 1.29 is 51.6 Å². The van der Waals surface area contributed by atoms with Crippen molar-refractivity contribution in [3.05, 3.63) is 10.1 Å². The first-order valence-electron chi connectivity index (χ1n) is 0.565. The van der Waals surface area contributed by atoms with Crippen molar-refractivity contribution in [2.75, 3.05) is 0 Å². The molecule has 0 saturated carbocycles.